The number of halogens is 1. The Bertz CT molecular complexity index is 176. The lowest BCUT2D eigenvalue weighted by molar-refractivity contribution is -0.142. The standard InChI is InChI=1S/C10H20BrNO2/c1-3-4-6-10(2,9(12)13)14-8-5-7-11/h3-8H2,1-2H3,(H2,12,13). The molecule has 0 spiro atoms. The van der Waals surface area contributed by atoms with Gasteiger partial charge in [0.2, 0.25) is 5.91 Å². The minimum absolute atomic E-state index is 0.361. The van der Waals surface area contributed by atoms with Crippen LogP contribution in [-0.2, 0) is 9.53 Å². The minimum Gasteiger partial charge on any atom is -0.367 e. The number of primary amides is 1. The molecule has 0 aromatic carbocycles. The monoisotopic (exact) mass is 265 g/mol. The second kappa shape index (κ2) is 7.23. The van der Waals surface area contributed by atoms with Crippen molar-refractivity contribution in [3.8, 4) is 0 Å². The molecule has 84 valence electrons. The van der Waals surface area contributed by atoms with Crippen molar-refractivity contribution in [2.45, 2.75) is 45.1 Å². The van der Waals surface area contributed by atoms with Crippen LogP contribution in [0.4, 0.5) is 0 Å². The van der Waals surface area contributed by atoms with Crippen LogP contribution in [0.5, 0.6) is 0 Å². The quantitative estimate of drug-likeness (QED) is 0.541. The average Bonchev–Trinajstić information content (AvgIpc) is 2.15. The predicted molar refractivity (Wildman–Crippen MR) is 61.5 cm³/mol. The van der Waals surface area contributed by atoms with Crippen molar-refractivity contribution < 1.29 is 9.53 Å². The van der Waals surface area contributed by atoms with Gasteiger partial charge in [-0.1, -0.05) is 35.7 Å². The number of amides is 1. The third-order valence-electron chi connectivity index (χ3n) is 2.23. The first-order valence-corrected chi connectivity index (χ1v) is 6.18. The molecule has 0 aliphatic heterocycles. The lowest BCUT2D eigenvalue weighted by Gasteiger charge is -2.26. The maximum Gasteiger partial charge on any atom is 0.249 e. The highest BCUT2D eigenvalue weighted by atomic mass is 79.9. The van der Waals surface area contributed by atoms with Gasteiger partial charge in [0.15, 0.2) is 0 Å². The molecular formula is C10H20BrNO2. The fourth-order valence-electron chi connectivity index (χ4n) is 1.13. The van der Waals surface area contributed by atoms with E-state index in [4.69, 9.17) is 10.5 Å². The second-order valence-electron chi connectivity index (χ2n) is 3.59. The first-order chi connectivity index (χ1) is 6.56. The molecule has 0 saturated carbocycles. The van der Waals surface area contributed by atoms with E-state index in [2.05, 4.69) is 22.9 Å². The van der Waals surface area contributed by atoms with E-state index in [-0.39, 0.29) is 5.91 Å². The summed E-state index contributed by atoms with van der Waals surface area (Å²) in [4.78, 5) is 11.2. The summed E-state index contributed by atoms with van der Waals surface area (Å²) >= 11 is 3.31. The highest BCUT2D eigenvalue weighted by Gasteiger charge is 2.30. The molecule has 0 aromatic heterocycles. The zero-order valence-electron chi connectivity index (χ0n) is 9.01. The first kappa shape index (κ1) is 13.9. The van der Waals surface area contributed by atoms with E-state index < -0.39 is 5.60 Å². The number of nitrogens with two attached hydrogens (primary N) is 1. The van der Waals surface area contributed by atoms with Crippen LogP contribution in [0.2, 0.25) is 0 Å². The van der Waals surface area contributed by atoms with E-state index in [1.807, 2.05) is 0 Å². The van der Waals surface area contributed by atoms with Gasteiger partial charge in [0.1, 0.15) is 5.60 Å². The normalized spacial score (nSPS) is 15.1. The number of hydrogen-bond acceptors (Lipinski definition) is 2. The first-order valence-electron chi connectivity index (χ1n) is 5.06. The molecule has 1 atom stereocenters. The topological polar surface area (TPSA) is 52.3 Å². The molecule has 0 bridgehead atoms. The molecule has 0 radical (unpaired) electrons. The molecule has 2 N–H and O–H groups in total. The molecule has 0 rings (SSSR count). The van der Waals surface area contributed by atoms with Gasteiger partial charge in [0.05, 0.1) is 0 Å². The zero-order chi connectivity index (χ0) is 11.0. The van der Waals surface area contributed by atoms with E-state index in [0.717, 1.165) is 24.6 Å². The van der Waals surface area contributed by atoms with Crippen LogP contribution in [0.15, 0.2) is 0 Å². The van der Waals surface area contributed by atoms with Gasteiger partial charge in [0, 0.05) is 11.9 Å². The summed E-state index contributed by atoms with van der Waals surface area (Å²) in [6.07, 6.45) is 3.62. The Morgan fingerprint density at radius 3 is 2.57 bits per heavy atom. The highest BCUT2D eigenvalue weighted by Crippen LogP contribution is 2.18. The molecule has 1 amide bonds. The number of carbonyl (C=O) groups excluding carboxylic acids is 1. The number of ether oxygens (including phenoxy) is 1. The number of carbonyl (C=O) groups is 1. The Labute approximate surface area is 94.5 Å². The van der Waals surface area contributed by atoms with Crippen molar-refractivity contribution in [3.63, 3.8) is 0 Å². The van der Waals surface area contributed by atoms with Crippen molar-refractivity contribution in [1.82, 2.24) is 0 Å². The van der Waals surface area contributed by atoms with Crippen molar-refractivity contribution in [3.05, 3.63) is 0 Å². The molecule has 1 unspecified atom stereocenters. The Balaban J connectivity index is 4.03. The molecule has 0 aromatic rings. The van der Waals surface area contributed by atoms with Crippen LogP contribution in [0.3, 0.4) is 0 Å². The van der Waals surface area contributed by atoms with E-state index in [1.165, 1.54) is 0 Å². The van der Waals surface area contributed by atoms with Gasteiger partial charge in [0.25, 0.3) is 0 Å². The van der Waals surface area contributed by atoms with Gasteiger partial charge in [-0.05, 0) is 19.8 Å². The maximum atomic E-state index is 11.2. The largest absolute Gasteiger partial charge is 0.367 e. The molecule has 14 heavy (non-hydrogen) atoms. The van der Waals surface area contributed by atoms with Crippen molar-refractivity contribution in [2.24, 2.45) is 5.73 Å². The molecular weight excluding hydrogens is 246 g/mol. The van der Waals surface area contributed by atoms with Gasteiger partial charge in [-0.25, -0.2) is 0 Å². The van der Waals surface area contributed by atoms with Crippen molar-refractivity contribution in [2.75, 3.05) is 11.9 Å². The average molecular weight is 266 g/mol. The molecule has 0 aliphatic carbocycles. The number of unbranched alkanes of at least 4 members (excludes halogenated alkanes) is 1. The van der Waals surface area contributed by atoms with Gasteiger partial charge < -0.3 is 10.5 Å². The number of rotatable bonds is 8. The summed E-state index contributed by atoms with van der Waals surface area (Å²) in [5.41, 5.74) is 4.54. The second-order valence-corrected chi connectivity index (χ2v) is 4.38. The number of hydrogen-bond donors (Lipinski definition) is 1. The lowest BCUT2D eigenvalue weighted by Crippen LogP contribution is -2.43. The van der Waals surface area contributed by atoms with E-state index in [1.54, 1.807) is 6.92 Å². The molecule has 0 aliphatic rings. The number of alkyl halides is 1. The van der Waals surface area contributed by atoms with Crippen LogP contribution in [-0.4, -0.2) is 23.4 Å². The van der Waals surface area contributed by atoms with Crippen LogP contribution in [0, 0.1) is 0 Å². The zero-order valence-corrected chi connectivity index (χ0v) is 10.6. The maximum absolute atomic E-state index is 11.2. The summed E-state index contributed by atoms with van der Waals surface area (Å²) in [7, 11) is 0. The van der Waals surface area contributed by atoms with Crippen LogP contribution in [0.1, 0.15) is 39.5 Å². The van der Waals surface area contributed by atoms with Crippen LogP contribution in [0.25, 0.3) is 0 Å². The summed E-state index contributed by atoms with van der Waals surface area (Å²) < 4.78 is 5.53. The van der Waals surface area contributed by atoms with E-state index in [0.29, 0.717) is 13.0 Å². The van der Waals surface area contributed by atoms with Crippen LogP contribution < -0.4 is 5.73 Å². The van der Waals surface area contributed by atoms with Crippen molar-refractivity contribution in [1.29, 1.82) is 0 Å². The Kier molecular flexibility index (Phi) is 7.19. The molecule has 0 saturated heterocycles. The van der Waals surface area contributed by atoms with Crippen molar-refractivity contribution >= 4 is 21.8 Å². The fraction of sp³-hybridized carbons (Fsp3) is 0.900. The van der Waals surface area contributed by atoms with Crippen LogP contribution >= 0.6 is 15.9 Å². The summed E-state index contributed by atoms with van der Waals surface area (Å²) in [5.74, 6) is -0.361. The molecule has 0 heterocycles. The fourth-order valence-corrected chi connectivity index (χ4v) is 1.36. The summed E-state index contributed by atoms with van der Waals surface area (Å²) in [6, 6.07) is 0. The SMILES string of the molecule is CCCCC(C)(OCCCBr)C(N)=O. The summed E-state index contributed by atoms with van der Waals surface area (Å²) in [6.45, 7) is 4.44. The third kappa shape index (κ3) is 4.96. The minimum atomic E-state index is -0.780. The van der Waals surface area contributed by atoms with Gasteiger partial charge in [-0.15, -0.1) is 0 Å². The Morgan fingerprint density at radius 2 is 2.14 bits per heavy atom. The predicted octanol–water partition coefficient (Wildman–Crippen LogP) is 2.22. The third-order valence-corrected chi connectivity index (χ3v) is 2.79. The summed E-state index contributed by atoms with van der Waals surface area (Å²) in [5, 5.41) is 0.885. The molecule has 0 fully saturated rings. The Morgan fingerprint density at radius 1 is 1.50 bits per heavy atom. The smallest absolute Gasteiger partial charge is 0.249 e. The van der Waals surface area contributed by atoms with Gasteiger partial charge in [-0.3, -0.25) is 4.79 Å². The molecule has 3 nitrogen and oxygen atoms in total. The Hall–Kier alpha value is -0.0900. The molecule has 4 heteroatoms. The lowest BCUT2D eigenvalue weighted by atomic mass is 9.98. The van der Waals surface area contributed by atoms with Gasteiger partial charge in [-0.2, -0.15) is 0 Å². The highest BCUT2D eigenvalue weighted by molar-refractivity contribution is 9.09. The van der Waals surface area contributed by atoms with Gasteiger partial charge >= 0.3 is 0 Å². The van der Waals surface area contributed by atoms with E-state index >= 15 is 0 Å². The van der Waals surface area contributed by atoms with E-state index in [9.17, 15) is 4.79 Å².